The van der Waals surface area contributed by atoms with Gasteiger partial charge in [0.2, 0.25) is 5.91 Å². The topological polar surface area (TPSA) is 35.6 Å². The zero-order valence-corrected chi connectivity index (χ0v) is 13.3. The van der Waals surface area contributed by atoms with Gasteiger partial charge in [0, 0.05) is 45.2 Å². The Hall–Kier alpha value is -0.320. The van der Waals surface area contributed by atoms with Gasteiger partial charge in [0.25, 0.3) is 0 Å². The minimum atomic E-state index is 0. The smallest absolute Gasteiger partial charge is 0.223 e. The quantitative estimate of drug-likeness (QED) is 0.830. The lowest BCUT2D eigenvalue weighted by Crippen LogP contribution is -2.47. The Bertz CT molecular complexity index is 301. The van der Waals surface area contributed by atoms with Gasteiger partial charge in [-0.1, -0.05) is 6.92 Å². The van der Waals surface area contributed by atoms with Crippen molar-refractivity contribution in [2.45, 2.75) is 39.2 Å². The SMILES string of the molecule is CC(N(C)CCC(=O)N1CCNCC1)C1(C)CC1.Cl. The summed E-state index contributed by atoms with van der Waals surface area (Å²) in [6, 6.07) is 0.591. The van der Waals surface area contributed by atoms with Crippen molar-refractivity contribution in [3.8, 4) is 0 Å². The summed E-state index contributed by atoms with van der Waals surface area (Å²) in [6.07, 6.45) is 3.34. The molecule has 1 atom stereocenters. The van der Waals surface area contributed by atoms with Crippen LogP contribution in [0.5, 0.6) is 0 Å². The number of hydrogen-bond acceptors (Lipinski definition) is 3. The first-order valence-electron chi connectivity index (χ1n) is 7.22. The average Bonchev–Trinajstić information content (AvgIpc) is 3.15. The van der Waals surface area contributed by atoms with E-state index in [1.807, 2.05) is 4.90 Å². The van der Waals surface area contributed by atoms with Crippen LogP contribution >= 0.6 is 12.4 Å². The highest BCUT2D eigenvalue weighted by Gasteiger charge is 2.43. The summed E-state index contributed by atoms with van der Waals surface area (Å²) in [6.45, 7) is 9.16. The van der Waals surface area contributed by atoms with Gasteiger partial charge in [0.15, 0.2) is 0 Å². The number of carbonyl (C=O) groups is 1. The summed E-state index contributed by atoms with van der Waals surface area (Å²) >= 11 is 0. The molecule has 1 saturated heterocycles. The van der Waals surface area contributed by atoms with E-state index in [0.717, 1.165) is 32.7 Å². The third-order valence-electron chi connectivity index (χ3n) is 4.86. The fourth-order valence-electron chi connectivity index (χ4n) is 2.68. The number of piperazine rings is 1. The Morgan fingerprint density at radius 3 is 2.47 bits per heavy atom. The highest BCUT2D eigenvalue weighted by atomic mass is 35.5. The van der Waals surface area contributed by atoms with Gasteiger partial charge in [-0.25, -0.2) is 0 Å². The molecule has 2 rings (SSSR count). The highest BCUT2D eigenvalue weighted by Crippen LogP contribution is 2.49. The molecule has 0 radical (unpaired) electrons. The predicted molar refractivity (Wildman–Crippen MR) is 80.7 cm³/mol. The molecule has 1 saturated carbocycles. The Balaban J connectivity index is 0.00000180. The normalized spacial score (nSPS) is 22.8. The number of nitrogens with zero attached hydrogens (tertiary/aromatic N) is 2. The minimum absolute atomic E-state index is 0. The van der Waals surface area contributed by atoms with Crippen molar-refractivity contribution in [3.05, 3.63) is 0 Å². The highest BCUT2D eigenvalue weighted by molar-refractivity contribution is 5.85. The first-order valence-corrected chi connectivity index (χ1v) is 7.22. The second-order valence-electron chi connectivity index (χ2n) is 6.19. The molecule has 0 aromatic carbocycles. The van der Waals surface area contributed by atoms with Crippen molar-refractivity contribution in [1.82, 2.24) is 15.1 Å². The average molecular weight is 290 g/mol. The van der Waals surface area contributed by atoms with Gasteiger partial charge in [0.05, 0.1) is 0 Å². The Morgan fingerprint density at radius 1 is 1.37 bits per heavy atom. The molecule has 0 spiro atoms. The fraction of sp³-hybridized carbons (Fsp3) is 0.929. The van der Waals surface area contributed by atoms with Crippen molar-refractivity contribution in [1.29, 1.82) is 0 Å². The van der Waals surface area contributed by atoms with Crippen molar-refractivity contribution in [3.63, 3.8) is 0 Å². The second-order valence-corrected chi connectivity index (χ2v) is 6.19. The number of carbonyl (C=O) groups excluding carboxylic acids is 1. The van der Waals surface area contributed by atoms with Crippen LogP contribution in [0.25, 0.3) is 0 Å². The molecule has 2 aliphatic rings. The van der Waals surface area contributed by atoms with Crippen LogP contribution in [0.3, 0.4) is 0 Å². The predicted octanol–water partition coefficient (Wildman–Crippen LogP) is 1.35. The lowest BCUT2D eigenvalue weighted by Gasteiger charge is -2.31. The van der Waals surface area contributed by atoms with Crippen LogP contribution < -0.4 is 5.32 Å². The third kappa shape index (κ3) is 4.33. The van der Waals surface area contributed by atoms with E-state index < -0.39 is 0 Å². The maximum Gasteiger partial charge on any atom is 0.223 e. The van der Waals surface area contributed by atoms with Gasteiger partial charge in [-0.05, 0) is 32.2 Å². The van der Waals surface area contributed by atoms with Crippen molar-refractivity contribution >= 4 is 18.3 Å². The molecule has 19 heavy (non-hydrogen) atoms. The van der Waals surface area contributed by atoms with Crippen LogP contribution in [-0.2, 0) is 4.79 Å². The van der Waals surface area contributed by atoms with Crippen LogP contribution in [0.1, 0.15) is 33.1 Å². The van der Waals surface area contributed by atoms with Gasteiger partial charge in [-0.3, -0.25) is 4.79 Å². The molecule has 2 fully saturated rings. The zero-order chi connectivity index (χ0) is 13.2. The lowest BCUT2D eigenvalue weighted by atomic mass is 9.99. The molecule has 0 aromatic rings. The molecule has 1 amide bonds. The van der Waals surface area contributed by atoms with Gasteiger partial charge in [-0.2, -0.15) is 0 Å². The first-order chi connectivity index (χ1) is 8.53. The van der Waals surface area contributed by atoms with E-state index in [-0.39, 0.29) is 12.4 Å². The molecule has 1 heterocycles. The van der Waals surface area contributed by atoms with E-state index in [0.29, 0.717) is 23.8 Å². The number of hydrogen-bond donors (Lipinski definition) is 1. The Morgan fingerprint density at radius 2 is 1.95 bits per heavy atom. The first kappa shape index (κ1) is 16.7. The molecular formula is C14H28ClN3O. The molecule has 1 aliphatic heterocycles. The molecular weight excluding hydrogens is 262 g/mol. The molecule has 1 N–H and O–H groups in total. The number of rotatable bonds is 5. The van der Waals surface area contributed by atoms with Crippen LogP contribution in [0.15, 0.2) is 0 Å². The fourth-order valence-corrected chi connectivity index (χ4v) is 2.68. The molecule has 0 aromatic heterocycles. The Labute approximate surface area is 123 Å². The number of nitrogens with one attached hydrogen (secondary N) is 1. The molecule has 0 bridgehead atoms. The van der Waals surface area contributed by atoms with Crippen molar-refractivity contribution in [2.24, 2.45) is 5.41 Å². The largest absolute Gasteiger partial charge is 0.340 e. The number of amides is 1. The maximum absolute atomic E-state index is 12.1. The Kier molecular flexibility index (Phi) is 6.09. The van der Waals surface area contributed by atoms with Gasteiger partial charge < -0.3 is 15.1 Å². The van der Waals surface area contributed by atoms with Crippen LogP contribution in [0.2, 0.25) is 0 Å². The van der Waals surface area contributed by atoms with E-state index in [4.69, 9.17) is 0 Å². The summed E-state index contributed by atoms with van der Waals surface area (Å²) in [5.41, 5.74) is 0.507. The van der Waals surface area contributed by atoms with E-state index in [9.17, 15) is 4.79 Å². The van der Waals surface area contributed by atoms with Gasteiger partial charge in [-0.15, -0.1) is 12.4 Å². The molecule has 1 unspecified atom stereocenters. The van der Waals surface area contributed by atoms with Gasteiger partial charge >= 0.3 is 0 Å². The van der Waals surface area contributed by atoms with Crippen LogP contribution in [0, 0.1) is 5.41 Å². The van der Waals surface area contributed by atoms with Crippen molar-refractivity contribution in [2.75, 3.05) is 39.8 Å². The maximum atomic E-state index is 12.1. The summed E-state index contributed by atoms with van der Waals surface area (Å²) < 4.78 is 0. The second kappa shape index (κ2) is 6.91. The van der Waals surface area contributed by atoms with E-state index in [1.54, 1.807) is 0 Å². The van der Waals surface area contributed by atoms with Crippen molar-refractivity contribution < 1.29 is 4.79 Å². The van der Waals surface area contributed by atoms with E-state index in [1.165, 1.54) is 12.8 Å². The van der Waals surface area contributed by atoms with Crippen LogP contribution in [0.4, 0.5) is 0 Å². The van der Waals surface area contributed by atoms with Crippen LogP contribution in [-0.4, -0.2) is 61.5 Å². The lowest BCUT2D eigenvalue weighted by molar-refractivity contribution is -0.132. The standard InChI is InChI=1S/C14H27N3O.ClH/c1-12(14(2)5-6-14)16(3)9-4-13(18)17-10-7-15-8-11-17;/h12,15H,4-11H2,1-3H3;1H. The molecule has 112 valence electrons. The molecule has 5 heteroatoms. The van der Waals surface area contributed by atoms with E-state index in [2.05, 4.69) is 31.1 Å². The zero-order valence-electron chi connectivity index (χ0n) is 12.4. The number of halogens is 1. The molecule has 1 aliphatic carbocycles. The minimum Gasteiger partial charge on any atom is -0.340 e. The van der Waals surface area contributed by atoms with E-state index >= 15 is 0 Å². The summed E-state index contributed by atoms with van der Waals surface area (Å²) in [5, 5.41) is 3.28. The summed E-state index contributed by atoms with van der Waals surface area (Å²) in [7, 11) is 2.15. The molecule has 4 nitrogen and oxygen atoms in total. The third-order valence-corrected chi connectivity index (χ3v) is 4.86. The summed E-state index contributed by atoms with van der Waals surface area (Å²) in [5.74, 6) is 0.316. The monoisotopic (exact) mass is 289 g/mol. The van der Waals surface area contributed by atoms with Gasteiger partial charge in [0.1, 0.15) is 0 Å². The summed E-state index contributed by atoms with van der Waals surface area (Å²) in [4.78, 5) is 16.4.